The van der Waals surface area contributed by atoms with Crippen LogP contribution in [0.15, 0.2) is 71.6 Å². The van der Waals surface area contributed by atoms with Crippen molar-refractivity contribution in [2.24, 2.45) is 0 Å². The number of aryl methyl sites for hydroxylation is 2. The van der Waals surface area contributed by atoms with Crippen LogP contribution in [-0.4, -0.2) is 32.6 Å². The van der Waals surface area contributed by atoms with E-state index in [4.69, 9.17) is 9.47 Å². The molecule has 0 saturated carbocycles. The summed E-state index contributed by atoms with van der Waals surface area (Å²) in [6.07, 6.45) is 1.29. The van der Waals surface area contributed by atoms with E-state index in [0.717, 1.165) is 22.4 Å². The molecule has 7 nitrogen and oxygen atoms in total. The Kier molecular flexibility index (Phi) is 5.81. The minimum absolute atomic E-state index is 0.0947. The first kappa shape index (κ1) is 20.7. The van der Waals surface area contributed by atoms with Crippen molar-refractivity contribution in [1.29, 1.82) is 0 Å². The van der Waals surface area contributed by atoms with Gasteiger partial charge in [-0.3, -0.25) is 4.72 Å². The third-order valence-electron chi connectivity index (χ3n) is 5.00. The second-order valence-corrected chi connectivity index (χ2v) is 8.66. The van der Waals surface area contributed by atoms with Gasteiger partial charge in [-0.15, -0.1) is 0 Å². The minimum Gasteiger partial charge on any atom is -0.493 e. The monoisotopic (exact) mass is 437 g/mol. The summed E-state index contributed by atoms with van der Waals surface area (Å²) in [6, 6.07) is 19.7. The molecule has 4 aromatic rings. The van der Waals surface area contributed by atoms with Gasteiger partial charge >= 0.3 is 0 Å². The molecular weight excluding hydrogens is 414 g/mol. The summed E-state index contributed by atoms with van der Waals surface area (Å²) < 4.78 is 39.1. The topological polar surface area (TPSA) is 93.3 Å². The van der Waals surface area contributed by atoms with E-state index in [-0.39, 0.29) is 4.90 Å². The molecule has 2 N–H and O–H groups in total. The molecule has 3 aromatic carbocycles. The average molecular weight is 438 g/mol. The van der Waals surface area contributed by atoms with Gasteiger partial charge in [0.2, 0.25) is 0 Å². The van der Waals surface area contributed by atoms with Gasteiger partial charge in [-0.25, -0.2) is 13.4 Å². The van der Waals surface area contributed by atoms with Crippen molar-refractivity contribution in [2.75, 3.05) is 18.9 Å². The van der Waals surface area contributed by atoms with Gasteiger partial charge in [0.1, 0.15) is 5.82 Å². The summed E-state index contributed by atoms with van der Waals surface area (Å²) >= 11 is 0. The number of imidazole rings is 1. The van der Waals surface area contributed by atoms with Gasteiger partial charge in [-0.2, -0.15) is 0 Å². The third-order valence-corrected chi connectivity index (χ3v) is 6.36. The maximum absolute atomic E-state index is 13.0. The first-order valence-electron chi connectivity index (χ1n) is 9.76. The van der Waals surface area contributed by atoms with Gasteiger partial charge < -0.3 is 14.5 Å². The van der Waals surface area contributed by atoms with Crippen molar-refractivity contribution in [2.45, 2.75) is 17.7 Å². The standard InChI is InChI=1S/C23H23N3O4S/c1-29-21-13-12-17(15-22(21)30-2)31(27,28)26-18-8-4-3-7-16(18)11-14-23-24-19-9-5-6-10-20(19)25-23/h3-10,12-13,15,26H,11,14H2,1-2H3,(H,24,25). The number of nitrogens with one attached hydrogen (secondary N) is 2. The number of aromatic amines is 1. The van der Waals surface area contributed by atoms with E-state index in [0.29, 0.717) is 30.0 Å². The molecular formula is C23H23N3O4S. The molecule has 160 valence electrons. The van der Waals surface area contributed by atoms with Crippen molar-refractivity contribution in [3.05, 3.63) is 78.1 Å². The summed E-state index contributed by atoms with van der Waals surface area (Å²) in [5, 5.41) is 0. The van der Waals surface area contributed by atoms with Crippen molar-refractivity contribution in [3.8, 4) is 11.5 Å². The SMILES string of the molecule is COc1ccc(S(=O)(=O)Nc2ccccc2CCc2nc3ccccc3[nH]2)cc1OC. The fourth-order valence-electron chi connectivity index (χ4n) is 3.40. The summed E-state index contributed by atoms with van der Waals surface area (Å²) in [6.45, 7) is 0. The first-order valence-corrected chi connectivity index (χ1v) is 11.2. The molecule has 0 fully saturated rings. The Morgan fingerprint density at radius 1 is 0.903 bits per heavy atom. The number of sulfonamides is 1. The number of anilines is 1. The number of rotatable bonds is 8. The van der Waals surface area contributed by atoms with E-state index in [1.807, 2.05) is 36.4 Å². The van der Waals surface area contributed by atoms with Gasteiger partial charge in [-0.05, 0) is 42.3 Å². The molecule has 0 saturated heterocycles. The summed E-state index contributed by atoms with van der Waals surface area (Å²) in [5.74, 6) is 1.68. The average Bonchev–Trinajstić information content (AvgIpc) is 3.20. The summed E-state index contributed by atoms with van der Waals surface area (Å²) in [4.78, 5) is 8.00. The molecule has 31 heavy (non-hydrogen) atoms. The molecule has 1 heterocycles. The number of aromatic nitrogens is 2. The van der Waals surface area contributed by atoms with Crippen LogP contribution in [0.3, 0.4) is 0 Å². The lowest BCUT2D eigenvalue weighted by atomic mass is 10.1. The van der Waals surface area contributed by atoms with Crippen LogP contribution in [0.2, 0.25) is 0 Å². The van der Waals surface area contributed by atoms with Crippen LogP contribution in [0, 0.1) is 0 Å². The molecule has 0 atom stereocenters. The van der Waals surface area contributed by atoms with Gasteiger partial charge in [0.25, 0.3) is 10.0 Å². The van der Waals surface area contributed by atoms with Crippen LogP contribution in [0.4, 0.5) is 5.69 Å². The molecule has 0 bridgehead atoms. The van der Waals surface area contributed by atoms with Crippen LogP contribution >= 0.6 is 0 Å². The van der Waals surface area contributed by atoms with Crippen LogP contribution < -0.4 is 14.2 Å². The van der Waals surface area contributed by atoms with Gasteiger partial charge in [0.05, 0.1) is 35.8 Å². The molecule has 0 aliphatic heterocycles. The smallest absolute Gasteiger partial charge is 0.262 e. The normalized spacial score (nSPS) is 11.4. The molecule has 4 rings (SSSR count). The third kappa shape index (κ3) is 4.49. The highest BCUT2D eigenvalue weighted by Gasteiger charge is 2.18. The number of para-hydroxylation sites is 3. The number of hydrogen-bond donors (Lipinski definition) is 2. The second-order valence-electron chi connectivity index (χ2n) is 6.98. The highest BCUT2D eigenvalue weighted by Crippen LogP contribution is 2.30. The van der Waals surface area contributed by atoms with E-state index in [2.05, 4.69) is 14.7 Å². The molecule has 0 aliphatic carbocycles. The molecule has 0 amide bonds. The Bertz CT molecular complexity index is 1280. The van der Waals surface area contributed by atoms with Crippen LogP contribution in [0.5, 0.6) is 11.5 Å². The van der Waals surface area contributed by atoms with E-state index < -0.39 is 10.0 Å². The van der Waals surface area contributed by atoms with E-state index in [9.17, 15) is 8.42 Å². The van der Waals surface area contributed by atoms with Crippen molar-refractivity contribution in [3.63, 3.8) is 0 Å². The van der Waals surface area contributed by atoms with E-state index in [1.54, 1.807) is 18.2 Å². The first-order chi connectivity index (χ1) is 15.0. The van der Waals surface area contributed by atoms with Crippen LogP contribution in [-0.2, 0) is 22.9 Å². The van der Waals surface area contributed by atoms with Crippen LogP contribution in [0.1, 0.15) is 11.4 Å². The number of fused-ring (bicyclic) bond motifs is 1. The largest absolute Gasteiger partial charge is 0.493 e. The number of ether oxygens (including phenoxy) is 2. The molecule has 0 unspecified atom stereocenters. The predicted molar refractivity (Wildman–Crippen MR) is 120 cm³/mol. The quantitative estimate of drug-likeness (QED) is 0.432. The van der Waals surface area contributed by atoms with E-state index >= 15 is 0 Å². The van der Waals surface area contributed by atoms with Crippen molar-refractivity contribution < 1.29 is 17.9 Å². The number of nitrogens with zero attached hydrogens (tertiary/aromatic N) is 1. The lowest BCUT2D eigenvalue weighted by Crippen LogP contribution is -2.14. The zero-order chi connectivity index (χ0) is 21.8. The fourth-order valence-corrected chi connectivity index (χ4v) is 4.52. The number of H-pyrrole nitrogens is 1. The van der Waals surface area contributed by atoms with Crippen LogP contribution in [0.25, 0.3) is 11.0 Å². The fraction of sp³-hybridized carbons (Fsp3) is 0.174. The zero-order valence-corrected chi connectivity index (χ0v) is 18.1. The van der Waals surface area contributed by atoms with Crippen molar-refractivity contribution >= 4 is 26.7 Å². The Morgan fingerprint density at radius 3 is 2.42 bits per heavy atom. The summed E-state index contributed by atoms with van der Waals surface area (Å²) in [7, 11) is -0.836. The Balaban J connectivity index is 1.55. The lowest BCUT2D eigenvalue weighted by Gasteiger charge is -2.14. The number of hydrogen-bond acceptors (Lipinski definition) is 5. The Morgan fingerprint density at radius 2 is 1.65 bits per heavy atom. The highest BCUT2D eigenvalue weighted by atomic mass is 32.2. The number of methoxy groups -OCH3 is 2. The van der Waals surface area contributed by atoms with Gasteiger partial charge in [0.15, 0.2) is 11.5 Å². The van der Waals surface area contributed by atoms with Gasteiger partial charge in [-0.1, -0.05) is 30.3 Å². The maximum Gasteiger partial charge on any atom is 0.262 e. The number of benzene rings is 3. The second kappa shape index (κ2) is 8.69. The van der Waals surface area contributed by atoms with E-state index in [1.165, 1.54) is 26.4 Å². The molecule has 1 aromatic heterocycles. The molecule has 0 aliphatic rings. The molecule has 0 radical (unpaired) electrons. The predicted octanol–water partition coefficient (Wildman–Crippen LogP) is 4.17. The highest BCUT2D eigenvalue weighted by molar-refractivity contribution is 7.92. The minimum atomic E-state index is -3.81. The Labute approximate surface area is 181 Å². The zero-order valence-electron chi connectivity index (χ0n) is 17.3. The van der Waals surface area contributed by atoms with Crippen molar-refractivity contribution in [1.82, 2.24) is 9.97 Å². The molecule has 8 heteroatoms. The Hall–Kier alpha value is -3.52. The molecule has 0 spiro atoms. The maximum atomic E-state index is 13.0. The van der Waals surface area contributed by atoms with Gasteiger partial charge in [0, 0.05) is 12.5 Å². The summed E-state index contributed by atoms with van der Waals surface area (Å²) in [5.41, 5.74) is 3.32. The lowest BCUT2D eigenvalue weighted by molar-refractivity contribution is 0.354.